The number of fused-ring (bicyclic) bond motifs is 1. The quantitative estimate of drug-likeness (QED) is 0.407. The van der Waals surface area contributed by atoms with Gasteiger partial charge in [-0.25, -0.2) is 4.79 Å². The Morgan fingerprint density at radius 3 is 2.55 bits per heavy atom. The van der Waals surface area contributed by atoms with E-state index in [1.165, 1.54) is 0 Å². The van der Waals surface area contributed by atoms with Crippen LogP contribution in [0.1, 0.15) is 23.6 Å². The summed E-state index contributed by atoms with van der Waals surface area (Å²) in [6.07, 6.45) is 3.51. The first kappa shape index (κ1) is 20.4. The first-order valence-corrected chi connectivity index (χ1v) is 9.42. The molecule has 0 saturated carbocycles. The van der Waals surface area contributed by atoms with E-state index in [1.54, 1.807) is 13.2 Å². The lowest BCUT2D eigenvalue weighted by Crippen LogP contribution is -2.05. The first-order chi connectivity index (χ1) is 14.1. The van der Waals surface area contributed by atoms with Crippen LogP contribution in [0.15, 0.2) is 60.7 Å². The van der Waals surface area contributed by atoms with Crippen LogP contribution in [-0.4, -0.2) is 25.0 Å². The Balaban J connectivity index is 2.16. The highest BCUT2D eigenvalue weighted by Gasteiger charge is 2.17. The zero-order valence-electron chi connectivity index (χ0n) is 16.6. The van der Waals surface area contributed by atoms with E-state index >= 15 is 0 Å². The van der Waals surface area contributed by atoms with Crippen LogP contribution in [0.4, 0.5) is 0 Å². The third-order valence-electron chi connectivity index (χ3n) is 4.54. The molecule has 3 rings (SSSR count). The van der Waals surface area contributed by atoms with Crippen molar-refractivity contribution in [3.05, 3.63) is 77.4 Å². The lowest BCUT2D eigenvalue weighted by Gasteiger charge is -2.18. The summed E-state index contributed by atoms with van der Waals surface area (Å²) in [5.41, 5.74) is 2.87. The molecular weight excluding hydrogens is 368 g/mol. The van der Waals surface area contributed by atoms with Gasteiger partial charge in [-0.3, -0.25) is 0 Å². The molecule has 150 valence electrons. The smallest absolute Gasteiger partial charge is 0.328 e. The van der Waals surface area contributed by atoms with Crippen LogP contribution in [0.3, 0.4) is 0 Å². The zero-order valence-corrected chi connectivity index (χ0v) is 16.6. The van der Waals surface area contributed by atoms with E-state index < -0.39 is 5.97 Å². The number of aliphatic carboxylic acids is 1. The van der Waals surface area contributed by atoms with Gasteiger partial charge in [-0.05, 0) is 40.6 Å². The van der Waals surface area contributed by atoms with Crippen molar-refractivity contribution >= 4 is 22.8 Å². The molecule has 5 heteroatoms. The molecule has 1 N–H and O–H groups in total. The van der Waals surface area contributed by atoms with Crippen LogP contribution in [0.25, 0.3) is 16.8 Å². The van der Waals surface area contributed by atoms with Crippen molar-refractivity contribution in [2.45, 2.75) is 20.0 Å². The van der Waals surface area contributed by atoms with E-state index in [0.29, 0.717) is 18.1 Å². The number of carboxylic acid groups (broad SMARTS) is 1. The molecule has 0 aliphatic rings. The van der Waals surface area contributed by atoms with Crippen molar-refractivity contribution in [1.82, 2.24) is 0 Å². The van der Waals surface area contributed by atoms with Crippen molar-refractivity contribution in [1.29, 1.82) is 0 Å². The summed E-state index contributed by atoms with van der Waals surface area (Å²) in [6, 6.07) is 17.6. The molecule has 3 aromatic carbocycles. The number of methoxy groups -OCH3 is 1. The van der Waals surface area contributed by atoms with Gasteiger partial charge in [0.2, 0.25) is 0 Å². The number of aryl methyl sites for hydroxylation is 1. The standard InChI is InChI=1S/C24H24O5/c1-3-18-10-7-11-20-19(12-13-22(25)26)14-21(24(23(18)20)29-16-27-2)28-15-17-8-5-4-6-9-17/h4-14H,3,15-16H2,1-2H3,(H,25,26)/b13-12+. The highest BCUT2D eigenvalue weighted by atomic mass is 16.7. The van der Waals surface area contributed by atoms with Crippen molar-refractivity contribution < 1.29 is 24.1 Å². The lowest BCUT2D eigenvalue weighted by molar-refractivity contribution is -0.131. The Morgan fingerprint density at radius 2 is 1.86 bits per heavy atom. The van der Waals surface area contributed by atoms with E-state index in [4.69, 9.17) is 19.3 Å². The fourth-order valence-corrected chi connectivity index (χ4v) is 3.21. The Morgan fingerprint density at radius 1 is 1.07 bits per heavy atom. The summed E-state index contributed by atoms with van der Waals surface area (Å²) in [5, 5.41) is 10.9. The summed E-state index contributed by atoms with van der Waals surface area (Å²) < 4.78 is 17.2. The molecule has 0 bridgehead atoms. The van der Waals surface area contributed by atoms with Crippen LogP contribution >= 0.6 is 0 Å². The predicted octanol–water partition coefficient (Wildman–Crippen LogP) is 5.06. The summed E-state index contributed by atoms with van der Waals surface area (Å²) >= 11 is 0. The maximum atomic E-state index is 11.1. The molecular formula is C24H24O5. The van der Waals surface area contributed by atoms with Gasteiger partial charge in [0.25, 0.3) is 0 Å². The number of carboxylic acids is 1. The SMILES string of the molecule is CCc1cccc2c(/C=C/C(=O)O)cc(OCc3ccccc3)c(OCOC)c12. The Kier molecular flexibility index (Phi) is 6.87. The van der Waals surface area contributed by atoms with Gasteiger partial charge in [0, 0.05) is 18.6 Å². The molecule has 29 heavy (non-hydrogen) atoms. The van der Waals surface area contributed by atoms with E-state index in [1.807, 2.05) is 54.6 Å². The largest absolute Gasteiger partial charge is 0.485 e. The Bertz CT molecular complexity index is 1010. The molecule has 0 saturated heterocycles. The lowest BCUT2D eigenvalue weighted by atomic mass is 9.96. The van der Waals surface area contributed by atoms with Gasteiger partial charge in [0.15, 0.2) is 18.3 Å². The van der Waals surface area contributed by atoms with Crippen LogP contribution in [0, 0.1) is 0 Å². The van der Waals surface area contributed by atoms with Crippen molar-refractivity contribution in [2.24, 2.45) is 0 Å². The molecule has 0 aromatic heterocycles. The van der Waals surface area contributed by atoms with Gasteiger partial charge < -0.3 is 19.3 Å². The van der Waals surface area contributed by atoms with E-state index in [9.17, 15) is 4.79 Å². The molecule has 0 unspecified atom stereocenters. The minimum Gasteiger partial charge on any atom is -0.485 e. The maximum Gasteiger partial charge on any atom is 0.328 e. The molecule has 0 amide bonds. The molecule has 0 atom stereocenters. The summed E-state index contributed by atoms with van der Waals surface area (Å²) in [5.74, 6) is 0.142. The molecule has 0 spiro atoms. The average Bonchev–Trinajstić information content (AvgIpc) is 2.75. The van der Waals surface area contributed by atoms with E-state index in [0.717, 1.165) is 40.0 Å². The topological polar surface area (TPSA) is 65.0 Å². The summed E-state index contributed by atoms with van der Waals surface area (Å²) in [6.45, 7) is 2.52. The van der Waals surface area contributed by atoms with Crippen LogP contribution in [0.5, 0.6) is 11.5 Å². The van der Waals surface area contributed by atoms with Crippen LogP contribution < -0.4 is 9.47 Å². The van der Waals surface area contributed by atoms with Gasteiger partial charge in [-0.2, -0.15) is 0 Å². The number of hydrogen-bond acceptors (Lipinski definition) is 4. The third-order valence-corrected chi connectivity index (χ3v) is 4.54. The van der Waals surface area contributed by atoms with E-state index in [2.05, 4.69) is 6.92 Å². The summed E-state index contributed by atoms with van der Waals surface area (Å²) in [4.78, 5) is 11.1. The second-order valence-corrected chi connectivity index (χ2v) is 6.48. The molecule has 0 aliphatic carbocycles. The number of ether oxygens (including phenoxy) is 3. The second-order valence-electron chi connectivity index (χ2n) is 6.48. The van der Waals surface area contributed by atoms with Gasteiger partial charge in [-0.1, -0.05) is 55.5 Å². The molecule has 0 heterocycles. The molecule has 0 aliphatic heterocycles. The molecule has 0 fully saturated rings. The van der Waals surface area contributed by atoms with Crippen LogP contribution in [0.2, 0.25) is 0 Å². The molecule has 3 aromatic rings. The normalized spacial score (nSPS) is 11.1. The second kappa shape index (κ2) is 9.75. The van der Waals surface area contributed by atoms with Gasteiger partial charge in [0.1, 0.15) is 6.61 Å². The maximum absolute atomic E-state index is 11.1. The minimum atomic E-state index is -1.00. The number of carbonyl (C=O) groups is 1. The van der Waals surface area contributed by atoms with Gasteiger partial charge >= 0.3 is 5.97 Å². The Hall–Kier alpha value is -3.31. The predicted molar refractivity (Wildman–Crippen MR) is 113 cm³/mol. The monoisotopic (exact) mass is 392 g/mol. The van der Waals surface area contributed by atoms with Crippen molar-refractivity contribution in [3.8, 4) is 11.5 Å². The first-order valence-electron chi connectivity index (χ1n) is 9.42. The summed E-state index contributed by atoms with van der Waals surface area (Å²) in [7, 11) is 1.57. The van der Waals surface area contributed by atoms with Crippen LogP contribution in [-0.2, 0) is 22.6 Å². The van der Waals surface area contributed by atoms with E-state index in [-0.39, 0.29) is 6.79 Å². The molecule has 5 nitrogen and oxygen atoms in total. The van der Waals surface area contributed by atoms with Crippen molar-refractivity contribution in [3.63, 3.8) is 0 Å². The van der Waals surface area contributed by atoms with Gasteiger partial charge in [-0.15, -0.1) is 0 Å². The number of rotatable bonds is 9. The zero-order chi connectivity index (χ0) is 20.6. The highest BCUT2D eigenvalue weighted by Crippen LogP contribution is 2.41. The highest BCUT2D eigenvalue weighted by molar-refractivity contribution is 6.00. The van der Waals surface area contributed by atoms with Gasteiger partial charge in [0.05, 0.1) is 0 Å². The fourth-order valence-electron chi connectivity index (χ4n) is 3.21. The average molecular weight is 392 g/mol. The van der Waals surface area contributed by atoms with Crippen molar-refractivity contribution in [2.75, 3.05) is 13.9 Å². The Labute approximate surface area is 170 Å². The fraction of sp³-hybridized carbons (Fsp3) is 0.208. The molecule has 0 radical (unpaired) electrons. The number of benzene rings is 3. The third kappa shape index (κ3) is 4.95. The minimum absolute atomic E-state index is 0.0825. The number of hydrogen-bond donors (Lipinski definition) is 1.